The lowest BCUT2D eigenvalue weighted by Gasteiger charge is -2.22. The monoisotopic (exact) mass is 378 g/mol. The molecule has 0 aromatic carbocycles. The molecule has 0 saturated carbocycles. The maximum Gasteiger partial charge on any atom is 0.553 e. The summed E-state index contributed by atoms with van der Waals surface area (Å²) in [5.74, 6) is 0. The fraction of sp³-hybridized carbons (Fsp3) is 1.00. The molecule has 0 amide bonds. The number of nitrogens with two attached hydrogens (primary N) is 1. The van der Waals surface area contributed by atoms with Crippen molar-refractivity contribution in [1.29, 1.82) is 0 Å². The highest BCUT2D eigenvalue weighted by Gasteiger charge is 2.47. The largest absolute Gasteiger partial charge is 0.553 e. The van der Waals surface area contributed by atoms with E-state index in [1.54, 1.807) is 0 Å². The average molecular weight is 378 g/mol. The van der Waals surface area contributed by atoms with Crippen LogP contribution >= 0.6 is 0 Å². The standard InChI is InChI=1S/C10H25INO4Si/c1-4-13-10-11-16-17(14-5-2,15-6-3)9-7-8-12/h4-10,12H2,1-3H3/q+1. The first-order chi connectivity index (χ1) is 8.24. The molecule has 0 aliphatic rings. The van der Waals surface area contributed by atoms with E-state index in [9.17, 15) is 0 Å². The van der Waals surface area contributed by atoms with Crippen molar-refractivity contribution in [1.82, 2.24) is 0 Å². The Kier molecular flexibility index (Phi) is 12.3. The Balaban J connectivity index is 4.20. The molecule has 0 radical (unpaired) electrons. The summed E-state index contributed by atoms with van der Waals surface area (Å²) < 4.78 is 23.5. The summed E-state index contributed by atoms with van der Waals surface area (Å²) in [6.45, 7) is 8.52. The normalized spacial score (nSPS) is 12.0. The van der Waals surface area contributed by atoms with Gasteiger partial charge in [0, 0.05) is 25.9 Å². The van der Waals surface area contributed by atoms with Crippen molar-refractivity contribution < 1.29 is 38.0 Å². The van der Waals surface area contributed by atoms with Gasteiger partial charge in [0.25, 0.3) is 4.61 Å². The first kappa shape index (κ1) is 17.7. The minimum atomic E-state index is -2.48. The molecular weight excluding hydrogens is 353 g/mol. The molecule has 0 fully saturated rings. The zero-order valence-electron chi connectivity index (χ0n) is 11.0. The van der Waals surface area contributed by atoms with E-state index in [1.807, 2.05) is 20.8 Å². The van der Waals surface area contributed by atoms with E-state index in [0.29, 0.717) is 24.4 Å². The van der Waals surface area contributed by atoms with Gasteiger partial charge < -0.3 is 19.3 Å². The predicted molar refractivity (Wildman–Crippen MR) is 65.1 cm³/mol. The summed E-state index contributed by atoms with van der Waals surface area (Å²) in [6, 6.07) is 0.803. The predicted octanol–water partition coefficient (Wildman–Crippen LogP) is -1.64. The first-order valence-electron chi connectivity index (χ1n) is 6.07. The highest BCUT2D eigenvalue weighted by molar-refractivity contribution is 6.60. The summed E-state index contributed by atoms with van der Waals surface area (Å²) in [6.07, 6.45) is 0.880. The summed E-state index contributed by atoms with van der Waals surface area (Å²) in [5, 5.41) is 0. The average Bonchev–Trinajstić information content (AvgIpc) is 2.33. The summed E-state index contributed by atoms with van der Waals surface area (Å²) in [4.78, 5) is 0. The van der Waals surface area contributed by atoms with Gasteiger partial charge in [-0.1, -0.05) is 0 Å². The lowest BCUT2D eigenvalue weighted by molar-refractivity contribution is -0.889. The quantitative estimate of drug-likeness (QED) is 0.191. The van der Waals surface area contributed by atoms with Crippen LogP contribution in [0.1, 0.15) is 27.2 Å². The van der Waals surface area contributed by atoms with E-state index in [-0.39, 0.29) is 0 Å². The molecule has 17 heavy (non-hydrogen) atoms. The number of alkyl halides is 1. The number of halogens is 1. The Hall–Kier alpha value is 0.747. The second-order valence-electron chi connectivity index (χ2n) is 3.23. The van der Waals surface area contributed by atoms with Gasteiger partial charge in [-0.05, 0) is 33.7 Å². The van der Waals surface area contributed by atoms with E-state index >= 15 is 0 Å². The first-order valence-corrected chi connectivity index (χ1v) is 10.4. The van der Waals surface area contributed by atoms with E-state index in [0.717, 1.165) is 19.1 Å². The van der Waals surface area contributed by atoms with Gasteiger partial charge >= 0.3 is 30.4 Å². The molecular formula is C10H25INO4Si+. The maximum atomic E-state index is 5.94. The number of rotatable bonds is 12. The van der Waals surface area contributed by atoms with Gasteiger partial charge in [-0.25, -0.2) is 0 Å². The van der Waals surface area contributed by atoms with Gasteiger partial charge in [-0.3, -0.25) is 0 Å². The highest BCUT2D eigenvalue weighted by Crippen LogP contribution is 2.14. The van der Waals surface area contributed by atoms with Crippen LogP contribution in [0.15, 0.2) is 0 Å². The van der Waals surface area contributed by atoms with Crippen LogP contribution in [-0.2, 0) is 16.3 Å². The summed E-state index contributed by atoms with van der Waals surface area (Å²) in [7, 11) is -2.48. The molecule has 0 aliphatic carbocycles. The Labute approximate surface area is 117 Å². The number of ether oxygens (including phenoxy) is 1. The Morgan fingerprint density at radius 1 is 1.06 bits per heavy atom. The highest BCUT2D eigenvalue weighted by atomic mass is 127. The van der Waals surface area contributed by atoms with Crippen LogP contribution in [0.5, 0.6) is 0 Å². The molecule has 0 aromatic heterocycles. The van der Waals surface area contributed by atoms with Crippen LogP contribution in [0.3, 0.4) is 0 Å². The molecule has 0 aromatic rings. The molecule has 0 heterocycles. The van der Waals surface area contributed by atoms with Gasteiger partial charge in [-0.2, -0.15) is 0 Å². The van der Waals surface area contributed by atoms with Crippen molar-refractivity contribution in [2.75, 3.05) is 31.0 Å². The van der Waals surface area contributed by atoms with Crippen molar-refractivity contribution in [3.8, 4) is 0 Å². The van der Waals surface area contributed by atoms with Crippen LogP contribution in [-0.4, -0.2) is 39.8 Å². The molecule has 0 rings (SSSR count). The zero-order chi connectivity index (χ0) is 13.0. The van der Waals surface area contributed by atoms with Gasteiger partial charge in [0.15, 0.2) is 0 Å². The minimum Gasteiger partial charge on any atom is -0.372 e. The lowest BCUT2D eigenvalue weighted by Crippen LogP contribution is -3.63. The van der Waals surface area contributed by atoms with Crippen molar-refractivity contribution in [3.05, 3.63) is 0 Å². The Morgan fingerprint density at radius 2 is 1.71 bits per heavy atom. The van der Waals surface area contributed by atoms with Crippen LogP contribution in [0.4, 0.5) is 0 Å². The Morgan fingerprint density at radius 3 is 2.18 bits per heavy atom. The number of hydrogen-bond donors (Lipinski definition) is 1. The van der Waals surface area contributed by atoms with Crippen LogP contribution < -0.4 is 27.4 Å². The molecule has 0 atom stereocenters. The topological polar surface area (TPSA) is 62.9 Å². The summed E-state index contributed by atoms with van der Waals surface area (Å²) >= 11 is -0.465. The second-order valence-corrected chi connectivity index (χ2v) is 8.39. The van der Waals surface area contributed by atoms with Crippen LogP contribution in [0.2, 0.25) is 6.04 Å². The Bertz CT molecular complexity index is 170. The molecule has 5 nitrogen and oxygen atoms in total. The maximum absolute atomic E-state index is 5.94. The smallest absolute Gasteiger partial charge is 0.372 e. The van der Waals surface area contributed by atoms with Gasteiger partial charge in [0.05, 0.1) is 0 Å². The third-order valence-corrected chi connectivity index (χ3v) is 8.32. The van der Waals surface area contributed by atoms with Crippen molar-refractivity contribution >= 4 is 8.80 Å². The summed E-state index contributed by atoms with van der Waals surface area (Å²) in [5.41, 5.74) is 5.54. The van der Waals surface area contributed by atoms with E-state index in [4.69, 9.17) is 22.1 Å². The van der Waals surface area contributed by atoms with Crippen molar-refractivity contribution in [2.24, 2.45) is 5.73 Å². The van der Waals surface area contributed by atoms with E-state index < -0.39 is 30.4 Å². The fourth-order valence-corrected chi connectivity index (χ4v) is 7.36. The molecule has 7 heteroatoms. The van der Waals surface area contributed by atoms with E-state index in [2.05, 4.69) is 0 Å². The van der Waals surface area contributed by atoms with Gasteiger partial charge in [0.2, 0.25) is 0 Å². The molecule has 0 aliphatic heterocycles. The number of hydrogen-bond acceptors (Lipinski definition) is 5. The minimum absolute atomic E-state index is 0.465. The van der Waals surface area contributed by atoms with Gasteiger partial charge in [-0.15, -0.1) is 2.76 Å². The second kappa shape index (κ2) is 11.8. The van der Waals surface area contributed by atoms with Crippen molar-refractivity contribution in [2.45, 2.75) is 33.2 Å². The fourth-order valence-electron chi connectivity index (χ4n) is 1.24. The molecule has 2 N–H and O–H groups in total. The third-order valence-electron chi connectivity index (χ3n) is 1.91. The lowest BCUT2D eigenvalue weighted by atomic mass is 10.5. The molecule has 104 valence electrons. The van der Waals surface area contributed by atoms with Crippen molar-refractivity contribution in [3.63, 3.8) is 0 Å². The molecule has 0 unspecified atom stereocenters. The van der Waals surface area contributed by atoms with E-state index in [1.165, 1.54) is 0 Å². The molecule has 0 bridgehead atoms. The molecule has 0 spiro atoms. The van der Waals surface area contributed by atoms with Gasteiger partial charge in [0.1, 0.15) is 0 Å². The van der Waals surface area contributed by atoms with Crippen LogP contribution in [0.25, 0.3) is 0 Å². The SMILES string of the molecule is CCOC[I+]O[Si](CCCN)(OCC)OCC. The zero-order valence-corrected chi connectivity index (χ0v) is 14.2. The third kappa shape index (κ3) is 8.46. The molecule has 0 saturated heterocycles. The van der Waals surface area contributed by atoms with Crippen LogP contribution in [0, 0.1) is 0 Å².